The molecule has 3 saturated heterocycles. The zero-order chi connectivity index (χ0) is 18.3. The molecule has 0 radical (unpaired) electrons. The van der Waals surface area contributed by atoms with E-state index in [0.717, 1.165) is 50.0 Å². The van der Waals surface area contributed by atoms with Gasteiger partial charge in [0.15, 0.2) is 0 Å². The van der Waals surface area contributed by atoms with Crippen LogP contribution in [0.1, 0.15) is 43.2 Å². The number of anilines is 1. The average Bonchev–Trinajstić information content (AvgIpc) is 2.87. The maximum Gasteiger partial charge on any atom is 0.322 e. The summed E-state index contributed by atoms with van der Waals surface area (Å²) in [4.78, 5) is 29.7. The van der Waals surface area contributed by atoms with Crippen LogP contribution in [0.4, 0.5) is 10.5 Å². The van der Waals surface area contributed by atoms with Gasteiger partial charge < -0.3 is 15.1 Å². The molecule has 1 aliphatic carbocycles. The number of benzene rings is 1. The molecule has 140 valence electrons. The second-order valence-corrected chi connectivity index (χ2v) is 8.37. The summed E-state index contributed by atoms with van der Waals surface area (Å²) in [5.74, 6) is 0.970. The van der Waals surface area contributed by atoms with Crippen LogP contribution in [0.2, 0.25) is 0 Å². The molecule has 5 rings (SSSR count). The van der Waals surface area contributed by atoms with Crippen LogP contribution in [0.5, 0.6) is 0 Å². The number of urea groups is 1. The van der Waals surface area contributed by atoms with E-state index in [1.165, 1.54) is 12.0 Å². The Morgan fingerprint density at radius 2 is 1.85 bits per heavy atom. The highest BCUT2D eigenvalue weighted by atomic mass is 16.2. The molecule has 0 aromatic heterocycles. The molecule has 1 N–H and O–H groups in total. The first kappa shape index (κ1) is 17.4. The third-order valence-electron chi connectivity index (χ3n) is 6.36. The summed E-state index contributed by atoms with van der Waals surface area (Å²) in [7, 11) is 0. The van der Waals surface area contributed by atoms with Gasteiger partial charge in [0.2, 0.25) is 5.91 Å². The topological polar surface area (TPSA) is 52.7 Å². The number of nitrogens with one attached hydrogen (secondary N) is 1. The Morgan fingerprint density at radius 3 is 2.54 bits per heavy atom. The lowest BCUT2D eigenvalue weighted by atomic mass is 9.84. The Labute approximate surface area is 155 Å². The van der Waals surface area contributed by atoms with Gasteiger partial charge in [-0.3, -0.25) is 4.79 Å². The number of fused-ring (bicyclic) bond motifs is 4. The average molecular weight is 355 g/mol. The molecule has 1 saturated carbocycles. The van der Waals surface area contributed by atoms with Crippen molar-refractivity contribution >= 4 is 17.6 Å². The van der Waals surface area contributed by atoms with E-state index in [4.69, 9.17) is 0 Å². The largest absolute Gasteiger partial charge is 0.340 e. The Bertz CT molecular complexity index is 713. The standard InChI is InChI=1S/C21H29N3O2/c1-14-6-9-19(15(2)10-14)22-21(26)24-12-16-7-8-18(24)13-23(11-16)20(25)17-4-3-5-17/h6,9-10,16-18H,3-5,7-8,11-13H2,1-2H3,(H,22,26). The van der Waals surface area contributed by atoms with Crippen molar-refractivity contribution in [1.82, 2.24) is 9.80 Å². The quantitative estimate of drug-likeness (QED) is 0.882. The highest BCUT2D eigenvalue weighted by Crippen LogP contribution is 2.33. The molecule has 0 spiro atoms. The number of rotatable bonds is 2. The number of carbonyl (C=O) groups is 2. The highest BCUT2D eigenvalue weighted by molar-refractivity contribution is 5.90. The maximum atomic E-state index is 12.9. The summed E-state index contributed by atoms with van der Waals surface area (Å²) in [5, 5.41) is 3.09. The number of hydrogen-bond acceptors (Lipinski definition) is 2. The zero-order valence-electron chi connectivity index (χ0n) is 15.8. The molecule has 5 nitrogen and oxygen atoms in total. The normalized spacial score (nSPS) is 25.6. The molecule has 4 fully saturated rings. The Morgan fingerprint density at radius 1 is 1.04 bits per heavy atom. The summed E-state index contributed by atoms with van der Waals surface area (Å²) in [6.07, 6.45) is 5.39. The number of carbonyl (C=O) groups excluding carboxylic acids is 2. The number of nitrogens with zero attached hydrogens (tertiary/aromatic N) is 2. The molecule has 4 aliphatic rings. The smallest absolute Gasteiger partial charge is 0.322 e. The van der Waals surface area contributed by atoms with Crippen LogP contribution in [-0.4, -0.2) is 47.4 Å². The lowest BCUT2D eigenvalue weighted by molar-refractivity contribution is -0.138. The second-order valence-electron chi connectivity index (χ2n) is 8.37. The predicted octanol–water partition coefficient (Wildman–Crippen LogP) is 3.56. The van der Waals surface area contributed by atoms with Crippen molar-refractivity contribution < 1.29 is 9.59 Å². The van der Waals surface area contributed by atoms with Crippen LogP contribution >= 0.6 is 0 Å². The Kier molecular flexibility index (Phi) is 4.63. The van der Waals surface area contributed by atoms with Crippen LogP contribution < -0.4 is 5.32 Å². The number of amides is 3. The molecule has 2 atom stereocenters. The maximum absolute atomic E-state index is 12.9. The van der Waals surface area contributed by atoms with Crippen molar-refractivity contribution in [3.63, 3.8) is 0 Å². The van der Waals surface area contributed by atoms with Crippen molar-refractivity contribution in [2.24, 2.45) is 11.8 Å². The highest BCUT2D eigenvalue weighted by Gasteiger charge is 2.40. The fourth-order valence-electron chi connectivity index (χ4n) is 4.56. The first-order chi connectivity index (χ1) is 12.5. The van der Waals surface area contributed by atoms with E-state index >= 15 is 0 Å². The molecule has 26 heavy (non-hydrogen) atoms. The van der Waals surface area contributed by atoms with Crippen molar-refractivity contribution in [1.29, 1.82) is 0 Å². The van der Waals surface area contributed by atoms with Gasteiger partial charge in [0, 0.05) is 31.2 Å². The van der Waals surface area contributed by atoms with Gasteiger partial charge in [-0.15, -0.1) is 0 Å². The van der Waals surface area contributed by atoms with E-state index in [2.05, 4.69) is 23.2 Å². The SMILES string of the molecule is Cc1ccc(NC(=O)N2CC3CCC2CN(C(=O)C2CCC2)C3)c(C)c1. The fourth-order valence-corrected chi connectivity index (χ4v) is 4.56. The minimum atomic E-state index is -0.0235. The van der Waals surface area contributed by atoms with Gasteiger partial charge in [-0.05, 0) is 57.1 Å². The van der Waals surface area contributed by atoms with Crippen molar-refractivity contribution in [2.75, 3.05) is 25.0 Å². The summed E-state index contributed by atoms with van der Waals surface area (Å²) >= 11 is 0. The first-order valence-electron chi connectivity index (χ1n) is 9.95. The summed E-state index contributed by atoms with van der Waals surface area (Å²) in [6, 6.07) is 6.21. The van der Waals surface area contributed by atoms with Gasteiger partial charge in [-0.2, -0.15) is 0 Å². The lowest BCUT2D eigenvalue weighted by Gasteiger charge is -2.36. The number of hydrogen-bond donors (Lipinski definition) is 1. The third kappa shape index (κ3) is 3.31. The summed E-state index contributed by atoms with van der Waals surface area (Å²) < 4.78 is 0. The third-order valence-corrected chi connectivity index (χ3v) is 6.36. The number of aryl methyl sites for hydroxylation is 2. The van der Waals surface area contributed by atoms with E-state index in [1.54, 1.807) is 0 Å². The minimum Gasteiger partial charge on any atom is -0.340 e. The molecule has 1 aromatic carbocycles. The minimum absolute atomic E-state index is 0.0235. The van der Waals surface area contributed by atoms with Crippen molar-refractivity contribution in [2.45, 2.75) is 52.0 Å². The van der Waals surface area contributed by atoms with Crippen LogP contribution in [0.25, 0.3) is 0 Å². The van der Waals surface area contributed by atoms with Crippen molar-refractivity contribution in [3.8, 4) is 0 Å². The van der Waals surface area contributed by atoms with Gasteiger partial charge in [0.25, 0.3) is 0 Å². The van der Waals surface area contributed by atoms with Gasteiger partial charge >= 0.3 is 6.03 Å². The Hall–Kier alpha value is -2.04. The molecule has 1 aromatic rings. The van der Waals surface area contributed by atoms with E-state index in [0.29, 0.717) is 18.4 Å². The molecular formula is C21H29N3O2. The van der Waals surface area contributed by atoms with E-state index < -0.39 is 0 Å². The van der Waals surface area contributed by atoms with Crippen LogP contribution in [0.3, 0.4) is 0 Å². The molecular weight excluding hydrogens is 326 g/mol. The monoisotopic (exact) mass is 355 g/mol. The van der Waals surface area contributed by atoms with Crippen LogP contribution in [-0.2, 0) is 4.79 Å². The van der Waals surface area contributed by atoms with Gasteiger partial charge in [0.1, 0.15) is 0 Å². The molecule has 5 heteroatoms. The lowest BCUT2D eigenvalue weighted by Crippen LogP contribution is -2.49. The second kappa shape index (κ2) is 6.93. The van der Waals surface area contributed by atoms with Crippen molar-refractivity contribution in [3.05, 3.63) is 29.3 Å². The molecule has 3 heterocycles. The van der Waals surface area contributed by atoms with Crippen LogP contribution in [0, 0.1) is 25.7 Å². The van der Waals surface area contributed by atoms with E-state index in [-0.39, 0.29) is 18.0 Å². The molecule has 3 aliphatic heterocycles. The fraction of sp³-hybridized carbons (Fsp3) is 0.619. The zero-order valence-corrected chi connectivity index (χ0v) is 15.8. The molecule has 2 bridgehead atoms. The first-order valence-corrected chi connectivity index (χ1v) is 9.95. The summed E-state index contributed by atoms with van der Waals surface area (Å²) in [6.45, 7) is 6.36. The van der Waals surface area contributed by atoms with Gasteiger partial charge in [-0.1, -0.05) is 24.1 Å². The molecule has 2 unspecified atom stereocenters. The van der Waals surface area contributed by atoms with Gasteiger partial charge in [0.05, 0.1) is 6.04 Å². The number of piperidine rings is 1. The van der Waals surface area contributed by atoms with Crippen LogP contribution in [0.15, 0.2) is 18.2 Å². The summed E-state index contributed by atoms with van der Waals surface area (Å²) in [5.41, 5.74) is 3.16. The Balaban J connectivity index is 1.45. The molecule has 3 amide bonds. The van der Waals surface area contributed by atoms with E-state index in [1.807, 2.05) is 24.0 Å². The van der Waals surface area contributed by atoms with Gasteiger partial charge in [-0.25, -0.2) is 4.79 Å². The predicted molar refractivity (Wildman–Crippen MR) is 102 cm³/mol. The van der Waals surface area contributed by atoms with E-state index in [9.17, 15) is 9.59 Å².